The lowest BCUT2D eigenvalue weighted by molar-refractivity contribution is -0.289. The van der Waals surface area contributed by atoms with E-state index in [0.29, 0.717) is 16.6 Å². The summed E-state index contributed by atoms with van der Waals surface area (Å²) in [4.78, 5) is 16.1. The van der Waals surface area contributed by atoms with Gasteiger partial charge in [0, 0.05) is 11.8 Å². The molecule has 1 aliphatic heterocycles. The van der Waals surface area contributed by atoms with Crippen molar-refractivity contribution in [3.63, 3.8) is 0 Å². The van der Waals surface area contributed by atoms with Gasteiger partial charge in [0.1, 0.15) is 18.0 Å². The highest BCUT2D eigenvalue weighted by atomic mass is 16.7. The van der Waals surface area contributed by atoms with Crippen LogP contribution in [0.3, 0.4) is 0 Å². The van der Waals surface area contributed by atoms with E-state index < -0.39 is 36.5 Å². The molecule has 4 atom stereocenters. The number of aryl methyl sites for hydroxylation is 1. The average molecular weight is 512 g/mol. The Morgan fingerprint density at radius 2 is 1.39 bits per heavy atom. The van der Waals surface area contributed by atoms with Gasteiger partial charge in [-0.15, -0.1) is 0 Å². The Labute approximate surface area is 215 Å². The number of nitrogens with zero attached hydrogens (tertiary/aromatic N) is 2. The zero-order chi connectivity index (χ0) is 26.4. The molecule has 0 radical (unpaired) electrons. The van der Waals surface area contributed by atoms with E-state index in [1.165, 1.54) is 89.7 Å². The number of nitrogen functional groups attached to an aromatic ring is 1. The Balaban J connectivity index is 1.63. The summed E-state index contributed by atoms with van der Waals surface area (Å²) >= 11 is 0. The molecule has 0 aliphatic carbocycles. The van der Waals surface area contributed by atoms with Gasteiger partial charge in [-0.1, -0.05) is 103 Å². The van der Waals surface area contributed by atoms with Crippen LogP contribution in [0, 0.1) is 0 Å². The van der Waals surface area contributed by atoms with Crippen molar-refractivity contribution in [3.05, 3.63) is 22.2 Å². The summed E-state index contributed by atoms with van der Waals surface area (Å²) in [6.45, 7) is 1.62. The predicted octanol–water partition coefficient (Wildman–Crippen LogP) is 3.35. The molecule has 0 saturated carbocycles. The van der Waals surface area contributed by atoms with Gasteiger partial charge in [-0.25, -0.2) is 14.3 Å². The number of ether oxygens (including phenoxy) is 1. The van der Waals surface area contributed by atoms with Crippen LogP contribution in [0.15, 0.2) is 11.0 Å². The quantitative estimate of drug-likeness (QED) is 0.177. The van der Waals surface area contributed by atoms with E-state index in [4.69, 9.17) is 10.5 Å². The predicted molar refractivity (Wildman–Crippen MR) is 140 cm³/mol. The molecule has 1 aliphatic rings. The van der Waals surface area contributed by atoms with Crippen molar-refractivity contribution >= 4 is 5.82 Å². The average Bonchev–Trinajstić information content (AvgIpc) is 3.09. The van der Waals surface area contributed by atoms with E-state index >= 15 is 0 Å². The normalized spacial score (nSPS) is 24.0. The minimum Gasteiger partial charge on any atom is -0.394 e. The van der Waals surface area contributed by atoms with Gasteiger partial charge in [0.25, 0.3) is 5.91 Å². The van der Waals surface area contributed by atoms with Gasteiger partial charge >= 0.3 is 5.69 Å². The highest BCUT2D eigenvalue weighted by molar-refractivity contribution is 5.39. The van der Waals surface area contributed by atoms with E-state index in [2.05, 4.69) is 11.9 Å². The second-order valence-corrected chi connectivity index (χ2v) is 10.3. The monoisotopic (exact) mass is 511 g/mol. The number of aliphatic hydroxyl groups is 4. The second-order valence-electron chi connectivity index (χ2n) is 10.3. The standard InChI is InChI=1S/C27H49N3O6/c1-2-3-4-5-6-7-8-9-10-11-12-13-14-15-16-17-18-21-19-29-26(34)30(25(21)28)27(35)24(33)23(32)22(20-31)36-27/h19,22-24,31-33,35H,2-18,20,28H2,1H3/t22-,23-,24+,27-/m1/s1. The largest absolute Gasteiger partial charge is 0.394 e. The smallest absolute Gasteiger partial charge is 0.353 e. The number of hydrogen-bond donors (Lipinski definition) is 5. The third-order valence-electron chi connectivity index (χ3n) is 7.31. The van der Waals surface area contributed by atoms with Crippen LogP contribution in [0.1, 0.15) is 115 Å². The van der Waals surface area contributed by atoms with E-state index in [-0.39, 0.29) is 5.82 Å². The summed E-state index contributed by atoms with van der Waals surface area (Å²) < 4.78 is 5.87. The lowest BCUT2D eigenvalue weighted by Crippen LogP contribution is -2.51. The van der Waals surface area contributed by atoms with E-state index in [1.807, 2.05) is 0 Å². The number of aromatic nitrogens is 2. The Hall–Kier alpha value is -1.52. The molecule has 1 aromatic rings. The number of unbranched alkanes of at least 4 members (excludes halogenated alkanes) is 15. The molecule has 36 heavy (non-hydrogen) atoms. The molecule has 0 amide bonds. The lowest BCUT2D eigenvalue weighted by atomic mass is 10.0. The molecule has 1 saturated heterocycles. The van der Waals surface area contributed by atoms with Gasteiger partial charge in [-0.05, 0) is 12.8 Å². The van der Waals surface area contributed by atoms with E-state index in [0.717, 1.165) is 19.3 Å². The van der Waals surface area contributed by atoms with Crippen molar-refractivity contribution in [2.75, 3.05) is 12.3 Å². The first-order valence-corrected chi connectivity index (χ1v) is 14.1. The summed E-state index contributed by atoms with van der Waals surface area (Å²) in [5.74, 6) is -2.66. The van der Waals surface area contributed by atoms with Crippen LogP contribution in [0.25, 0.3) is 0 Å². The van der Waals surface area contributed by atoms with Crippen LogP contribution in [0.2, 0.25) is 0 Å². The summed E-state index contributed by atoms with van der Waals surface area (Å²) in [6, 6.07) is 0. The zero-order valence-electron chi connectivity index (χ0n) is 22.1. The molecule has 0 bridgehead atoms. The van der Waals surface area contributed by atoms with Crippen molar-refractivity contribution in [3.8, 4) is 0 Å². The molecule has 1 fully saturated rings. The topological polar surface area (TPSA) is 151 Å². The Morgan fingerprint density at radius 1 is 0.917 bits per heavy atom. The van der Waals surface area contributed by atoms with Crippen LogP contribution in [0.4, 0.5) is 5.82 Å². The minimum atomic E-state index is -2.59. The molecular weight excluding hydrogens is 462 g/mol. The third kappa shape index (κ3) is 8.80. The molecule has 2 rings (SSSR count). The van der Waals surface area contributed by atoms with Crippen molar-refractivity contribution in [2.24, 2.45) is 0 Å². The van der Waals surface area contributed by atoms with Crippen molar-refractivity contribution in [1.29, 1.82) is 0 Å². The molecule has 208 valence electrons. The fraction of sp³-hybridized carbons (Fsp3) is 0.852. The molecule has 0 spiro atoms. The van der Waals surface area contributed by atoms with Crippen molar-refractivity contribution < 1.29 is 25.2 Å². The van der Waals surface area contributed by atoms with Gasteiger partial charge in [-0.2, -0.15) is 0 Å². The van der Waals surface area contributed by atoms with Gasteiger partial charge in [0.2, 0.25) is 0 Å². The SMILES string of the molecule is CCCCCCCCCCCCCCCCCCc1cnc(=O)n([C@]2(O)O[C@H](CO)[C@@H](O)[C@@H]2O)c1N. The number of aliphatic hydroxyl groups excluding tert-OH is 3. The lowest BCUT2D eigenvalue weighted by Gasteiger charge is -2.29. The number of rotatable bonds is 19. The molecule has 6 N–H and O–H groups in total. The van der Waals surface area contributed by atoms with Crippen LogP contribution in [-0.4, -0.2) is 54.9 Å². The Bertz CT molecular complexity index is 804. The summed E-state index contributed by atoms with van der Waals surface area (Å²) in [7, 11) is 0. The van der Waals surface area contributed by atoms with E-state index in [9.17, 15) is 25.2 Å². The number of anilines is 1. The van der Waals surface area contributed by atoms with Gasteiger partial charge in [0.15, 0.2) is 6.10 Å². The van der Waals surface area contributed by atoms with Gasteiger partial charge in [0.05, 0.1) is 6.61 Å². The second kappa shape index (κ2) is 16.3. The van der Waals surface area contributed by atoms with Gasteiger partial charge < -0.3 is 30.9 Å². The molecule has 0 aromatic carbocycles. The maximum Gasteiger partial charge on any atom is 0.353 e. The summed E-state index contributed by atoms with van der Waals surface area (Å²) in [5.41, 5.74) is 5.79. The summed E-state index contributed by atoms with van der Waals surface area (Å²) in [6.07, 6.45) is 17.7. The molecule has 2 heterocycles. The van der Waals surface area contributed by atoms with E-state index in [1.54, 1.807) is 0 Å². The maximum atomic E-state index is 12.3. The third-order valence-corrected chi connectivity index (χ3v) is 7.31. The fourth-order valence-corrected chi connectivity index (χ4v) is 4.99. The Kier molecular flexibility index (Phi) is 13.9. The molecule has 0 unspecified atom stereocenters. The first-order valence-electron chi connectivity index (χ1n) is 14.1. The Morgan fingerprint density at radius 3 is 1.83 bits per heavy atom. The molecular formula is C27H49N3O6. The van der Waals surface area contributed by atoms with Crippen LogP contribution in [-0.2, 0) is 17.1 Å². The number of nitrogens with two attached hydrogens (primary N) is 1. The highest BCUT2D eigenvalue weighted by Gasteiger charge is 2.56. The molecule has 9 nitrogen and oxygen atoms in total. The fourth-order valence-electron chi connectivity index (χ4n) is 4.99. The first-order chi connectivity index (χ1) is 17.4. The van der Waals surface area contributed by atoms with Gasteiger partial charge in [-0.3, -0.25) is 0 Å². The molecule has 1 aromatic heterocycles. The van der Waals surface area contributed by atoms with Crippen LogP contribution in [0.5, 0.6) is 0 Å². The zero-order valence-corrected chi connectivity index (χ0v) is 22.1. The van der Waals surface area contributed by atoms with Crippen molar-refractivity contribution in [1.82, 2.24) is 9.55 Å². The maximum absolute atomic E-state index is 12.3. The molecule has 9 heteroatoms. The van der Waals surface area contributed by atoms with Crippen molar-refractivity contribution in [2.45, 2.75) is 140 Å². The number of hydrogen-bond acceptors (Lipinski definition) is 8. The highest BCUT2D eigenvalue weighted by Crippen LogP contribution is 2.34. The summed E-state index contributed by atoms with van der Waals surface area (Å²) in [5, 5.41) is 40.3. The van der Waals surface area contributed by atoms with Crippen LogP contribution < -0.4 is 11.4 Å². The first kappa shape index (κ1) is 30.7. The van der Waals surface area contributed by atoms with Crippen LogP contribution >= 0.6 is 0 Å². The minimum absolute atomic E-state index is 0.0664.